The summed E-state index contributed by atoms with van der Waals surface area (Å²) in [6.07, 6.45) is 3.09. The number of unbranched alkanes of at least 4 members (excludes halogenated alkanes) is 1. The van der Waals surface area contributed by atoms with Crippen molar-refractivity contribution in [3.8, 4) is 17.2 Å². The van der Waals surface area contributed by atoms with Crippen LogP contribution in [0.25, 0.3) is 0 Å². The molecule has 0 aromatic heterocycles. The topological polar surface area (TPSA) is 107 Å². The molecular weight excluding hydrogens is 319 g/mol. The Hall–Kier alpha value is -2.01. The quantitative estimate of drug-likeness (QED) is 0.456. The monoisotopic (exact) mass is 338 g/mol. The Morgan fingerprint density at radius 3 is 2.13 bits per heavy atom. The maximum absolute atomic E-state index is 11.0. The van der Waals surface area contributed by atoms with Crippen molar-refractivity contribution in [1.82, 2.24) is 0 Å². The maximum atomic E-state index is 11.0. The van der Waals surface area contributed by atoms with Gasteiger partial charge >= 0.3 is 7.82 Å². The van der Waals surface area contributed by atoms with Gasteiger partial charge in [-0.1, -0.05) is 18.2 Å². The molecule has 0 fully saturated rings. The zero-order valence-electron chi connectivity index (χ0n) is 12.4. The highest BCUT2D eigenvalue weighted by atomic mass is 31.2. The molecule has 7 heteroatoms. The molecular formula is C16H19O6P. The van der Waals surface area contributed by atoms with Crippen molar-refractivity contribution < 1.29 is 29.1 Å². The van der Waals surface area contributed by atoms with Crippen molar-refractivity contribution in [2.75, 3.05) is 0 Å². The summed E-state index contributed by atoms with van der Waals surface area (Å²) in [5.74, 6) is 0.126. The van der Waals surface area contributed by atoms with Gasteiger partial charge in [0.15, 0.2) is 0 Å². The largest absolute Gasteiger partial charge is 0.524 e. The number of phenolic OH excluding ortho intramolecular Hbond substituents is 2. The molecule has 0 aliphatic heterocycles. The minimum atomic E-state index is -4.66. The van der Waals surface area contributed by atoms with Crippen LogP contribution in [-0.4, -0.2) is 20.0 Å². The molecule has 2 aromatic carbocycles. The van der Waals surface area contributed by atoms with E-state index in [-0.39, 0.29) is 17.2 Å². The molecule has 2 rings (SSSR count). The van der Waals surface area contributed by atoms with Crippen LogP contribution in [0, 0.1) is 0 Å². The maximum Gasteiger partial charge on any atom is 0.524 e. The predicted molar refractivity (Wildman–Crippen MR) is 85.5 cm³/mol. The second kappa shape index (κ2) is 7.51. The van der Waals surface area contributed by atoms with Crippen LogP contribution in [0.3, 0.4) is 0 Å². The van der Waals surface area contributed by atoms with E-state index >= 15 is 0 Å². The molecule has 0 radical (unpaired) electrons. The van der Waals surface area contributed by atoms with E-state index in [0.717, 1.165) is 24.8 Å². The third-order valence-electron chi connectivity index (χ3n) is 3.37. The summed E-state index contributed by atoms with van der Waals surface area (Å²) in [5.41, 5.74) is 1.75. The van der Waals surface area contributed by atoms with Gasteiger partial charge in [-0.25, -0.2) is 4.57 Å². The number of benzene rings is 2. The third-order valence-corrected chi connectivity index (χ3v) is 3.80. The highest BCUT2D eigenvalue weighted by molar-refractivity contribution is 7.46. The number of aromatic hydroxyl groups is 2. The van der Waals surface area contributed by atoms with Gasteiger partial charge in [0.05, 0.1) is 0 Å². The second-order valence-corrected chi connectivity index (χ2v) is 6.41. The lowest BCUT2D eigenvalue weighted by molar-refractivity contribution is 0.282. The first-order valence-corrected chi connectivity index (χ1v) is 8.71. The molecule has 6 nitrogen and oxygen atoms in total. The van der Waals surface area contributed by atoms with Crippen molar-refractivity contribution in [1.29, 1.82) is 0 Å². The highest BCUT2D eigenvalue weighted by Gasteiger charge is 2.18. The van der Waals surface area contributed by atoms with E-state index in [2.05, 4.69) is 4.52 Å². The molecule has 0 unspecified atom stereocenters. The van der Waals surface area contributed by atoms with E-state index in [1.165, 1.54) is 12.1 Å². The first-order valence-electron chi connectivity index (χ1n) is 7.18. The van der Waals surface area contributed by atoms with E-state index < -0.39 is 7.82 Å². The van der Waals surface area contributed by atoms with Crippen molar-refractivity contribution >= 4 is 7.82 Å². The fraction of sp³-hybridized carbons (Fsp3) is 0.250. The van der Waals surface area contributed by atoms with Crippen LogP contribution in [0.2, 0.25) is 0 Å². The van der Waals surface area contributed by atoms with Crippen LogP contribution in [-0.2, 0) is 17.4 Å². The van der Waals surface area contributed by atoms with E-state index in [1.54, 1.807) is 18.2 Å². The molecule has 0 heterocycles. The van der Waals surface area contributed by atoms with Crippen molar-refractivity contribution in [3.63, 3.8) is 0 Å². The van der Waals surface area contributed by atoms with Gasteiger partial charge in [0.25, 0.3) is 0 Å². The number of phenols is 2. The average molecular weight is 338 g/mol. The van der Waals surface area contributed by atoms with E-state index in [4.69, 9.17) is 9.79 Å². The Morgan fingerprint density at radius 1 is 0.870 bits per heavy atom. The lowest BCUT2D eigenvalue weighted by Crippen LogP contribution is -1.96. The fourth-order valence-corrected chi connectivity index (χ4v) is 2.70. The van der Waals surface area contributed by atoms with Gasteiger partial charge in [0.1, 0.15) is 17.2 Å². The van der Waals surface area contributed by atoms with Crippen LogP contribution < -0.4 is 4.52 Å². The third kappa shape index (κ3) is 5.94. The Bertz CT molecular complexity index is 692. The Morgan fingerprint density at radius 2 is 1.48 bits per heavy atom. The molecule has 0 saturated heterocycles. The molecule has 0 aliphatic rings. The standard InChI is InChI=1S/C16H19O6P/c17-14-8-5-12(6-9-14)3-1-2-4-13-7-10-15(18)11-16(13)22-23(19,20)21/h5-11,17-18H,1-4H2,(H2,19,20,21). The van der Waals surface area contributed by atoms with Gasteiger partial charge in [-0.15, -0.1) is 0 Å². The number of phosphoric ester groups is 1. The zero-order chi connectivity index (χ0) is 16.9. The van der Waals surface area contributed by atoms with Gasteiger partial charge in [-0.2, -0.15) is 0 Å². The lowest BCUT2D eigenvalue weighted by Gasteiger charge is -2.12. The normalized spacial score (nSPS) is 11.4. The molecule has 124 valence electrons. The molecule has 0 bridgehead atoms. The average Bonchev–Trinajstić information content (AvgIpc) is 2.45. The smallest absolute Gasteiger partial charge is 0.508 e. The second-order valence-electron chi connectivity index (χ2n) is 5.25. The summed E-state index contributed by atoms with van der Waals surface area (Å²) >= 11 is 0. The Balaban J connectivity index is 1.92. The van der Waals surface area contributed by atoms with Gasteiger partial charge in [0, 0.05) is 6.07 Å². The summed E-state index contributed by atoms with van der Waals surface area (Å²) in [4.78, 5) is 17.8. The van der Waals surface area contributed by atoms with Crippen LogP contribution in [0.5, 0.6) is 17.2 Å². The number of aryl methyl sites for hydroxylation is 2. The fourth-order valence-electron chi connectivity index (χ4n) is 2.27. The Labute approximate surface area is 134 Å². The number of rotatable bonds is 7. The van der Waals surface area contributed by atoms with E-state index in [0.29, 0.717) is 12.0 Å². The number of hydrogen-bond donors (Lipinski definition) is 4. The summed E-state index contributed by atoms with van der Waals surface area (Å²) < 4.78 is 15.6. The summed E-state index contributed by atoms with van der Waals surface area (Å²) in [6.45, 7) is 0. The SMILES string of the molecule is O=P(O)(O)Oc1cc(O)ccc1CCCCc1ccc(O)cc1. The van der Waals surface area contributed by atoms with Gasteiger partial charge in [-0.05, 0) is 55.0 Å². The molecule has 0 amide bonds. The number of hydrogen-bond acceptors (Lipinski definition) is 4. The van der Waals surface area contributed by atoms with Crippen molar-refractivity contribution in [3.05, 3.63) is 53.6 Å². The Kier molecular flexibility index (Phi) is 5.66. The molecule has 23 heavy (non-hydrogen) atoms. The van der Waals surface area contributed by atoms with E-state index in [9.17, 15) is 14.8 Å². The van der Waals surface area contributed by atoms with Gasteiger partial charge in [-0.3, -0.25) is 9.79 Å². The minimum absolute atomic E-state index is 0.00275. The van der Waals surface area contributed by atoms with E-state index in [1.807, 2.05) is 12.1 Å². The first-order chi connectivity index (χ1) is 10.8. The zero-order valence-corrected chi connectivity index (χ0v) is 13.3. The van der Waals surface area contributed by atoms with Gasteiger partial charge < -0.3 is 14.7 Å². The molecule has 0 aliphatic carbocycles. The van der Waals surface area contributed by atoms with Crippen LogP contribution in [0.15, 0.2) is 42.5 Å². The van der Waals surface area contributed by atoms with Crippen LogP contribution >= 0.6 is 7.82 Å². The minimum Gasteiger partial charge on any atom is -0.508 e. The summed E-state index contributed by atoms with van der Waals surface area (Å²) in [5, 5.41) is 18.6. The molecule has 0 atom stereocenters. The molecule has 2 aromatic rings. The predicted octanol–water partition coefficient (Wildman–Crippen LogP) is 3.13. The summed E-state index contributed by atoms with van der Waals surface area (Å²) in [6, 6.07) is 11.3. The highest BCUT2D eigenvalue weighted by Crippen LogP contribution is 2.40. The lowest BCUT2D eigenvalue weighted by atomic mass is 10.0. The van der Waals surface area contributed by atoms with Crippen molar-refractivity contribution in [2.45, 2.75) is 25.7 Å². The van der Waals surface area contributed by atoms with Crippen LogP contribution in [0.1, 0.15) is 24.0 Å². The molecule has 0 saturated carbocycles. The summed E-state index contributed by atoms with van der Waals surface area (Å²) in [7, 11) is -4.66. The first kappa shape index (κ1) is 17.3. The molecule has 4 N–H and O–H groups in total. The number of phosphoric acid groups is 1. The van der Waals surface area contributed by atoms with Crippen molar-refractivity contribution in [2.24, 2.45) is 0 Å². The molecule has 0 spiro atoms. The van der Waals surface area contributed by atoms with Gasteiger partial charge in [0.2, 0.25) is 0 Å². The van der Waals surface area contributed by atoms with Crippen LogP contribution in [0.4, 0.5) is 0 Å².